The highest BCUT2D eigenvalue weighted by Gasteiger charge is 2.31. The number of hydrogen-bond donors (Lipinski definition) is 0. The minimum absolute atomic E-state index is 0.0706. The van der Waals surface area contributed by atoms with Gasteiger partial charge in [-0.2, -0.15) is 0 Å². The van der Waals surface area contributed by atoms with Gasteiger partial charge < -0.3 is 18.9 Å². The van der Waals surface area contributed by atoms with E-state index in [0.717, 1.165) is 0 Å². The molecule has 2 aromatic rings. The Balaban J connectivity index is 1.78. The van der Waals surface area contributed by atoms with Gasteiger partial charge in [0.15, 0.2) is 0 Å². The van der Waals surface area contributed by atoms with Crippen LogP contribution in [-0.4, -0.2) is 48.1 Å². The largest absolute Gasteiger partial charge is 0.497 e. The smallest absolute Gasteiger partial charge is 0.207 e. The first kappa shape index (κ1) is 18.3. The van der Waals surface area contributed by atoms with Crippen molar-refractivity contribution in [3.05, 3.63) is 47.5 Å². The van der Waals surface area contributed by atoms with Crippen LogP contribution < -0.4 is 9.47 Å². The summed E-state index contributed by atoms with van der Waals surface area (Å²) in [4.78, 5) is 0.587. The van der Waals surface area contributed by atoms with Gasteiger partial charge in [0.2, 0.25) is 9.84 Å². The van der Waals surface area contributed by atoms with Gasteiger partial charge in [-0.1, -0.05) is 0 Å². The van der Waals surface area contributed by atoms with Crippen LogP contribution >= 0.6 is 0 Å². The van der Waals surface area contributed by atoms with Crippen molar-refractivity contribution in [3.63, 3.8) is 0 Å². The van der Waals surface area contributed by atoms with Gasteiger partial charge in [0.25, 0.3) is 0 Å². The topological polar surface area (TPSA) is 77.7 Å². The highest BCUT2D eigenvalue weighted by atomic mass is 32.2. The second-order valence-electron chi connectivity index (χ2n) is 6.77. The van der Waals surface area contributed by atoms with Crippen molar-refractivity contribution in [2.24, 2.45) is 0 Å². The van der Waals surface area contributed by atoms with E-state index in [9.17, 15) is 8.42 Å². The van der Waals surface area contributed by atoms with E-state index in [1.54, 1.807) is 50.6 Å². The Morgan fingerprint density at radius 1 is 0.852 bits per heavy atom. The number of sulfone groups is 1. The second-order valence-corrected chi connectivity index (χ2v) is 8.66. The Hall–Kier alpha value is -2.09. The molecule has 2 heterocycles. The molecule has 2 unspecified atom stereocenters. The molecular weight excluding hydrogens is 368 g/mol. The van der Waals surface area contributed by atoms with Crippen LogP contribution in [0.4, 0.5) is 0 Å². The third-order valence-electron chi connectivity index (χ3n) is 4.81. The number of hydrogen-bond acceptors (Lipinski definition) is 6. The molecule has 0 saturated carbocycles. The van der Waals surface area contributed by atoms with Crippen molar-refractivity contribution in [1.82, 2.24) is 0 Å². The first-order valence-electron chi connectivity index (χ1n) is 8.83. The van der Waals surface area contributed by atoms with Crippen LogP contribution in [0.25, 0.3) is 0 Å². The summed E-state index contributed by atoms with van der Waals surface area (Å²) in [6.07, 6.45) is 1.23. The van der Waals surface area contributed by atoms with Gasteiger partial charge in [-0.05, 0) is 47.5 Å². The predicted octanol–water partition coefficient (Wildman–Crippen LogP) is 2.42. The van der Waals surface area contributed by atoms with Gasteiger partial charge in [0.1, 0.15) is 11.5 Å². The molecule has 6 nitrogen and oxygen atoms in total. The molecule has 0 spiro atoms. The van der Waals surface area contributed by atoms with E-state index < -0.39 is 9.84 Å². The zero-order valence-electron chi connectivity index (χ0n) is 15.3. The fourth-order valence-electron chi connectivity index (χ4n) is 3.19. The van der Waals surface area contributed by atoms with Gasteiger partial charge in [0, 0.05) is 12.8 Å². The maximum atomic E-state index is 13.5. The maximum absolute atomic E-state index is 13.5. The van der Waals surface area contributed by atoms with E-state index >= 15 is 0 Å². The summed E-state index contributed by atoms with van der Waals surface area (Å²) >= 11 is 0. The van der Waals surface area contributed by atoms with Crippen LogP contribution in [0.1, 0.15) is 11.1 Å². The SMILES string of the molecule is COc1ccc(S(=O)(=O)c2ccc(OC)cc2CC2CO2)c(CC2CO2)c1. The number of ether oxygens (including phenoxy) is 4. The predicted molar refractivity (Wildman–Crippen MR) is 98.3 cm³/mol. The molecule has 7 heteroatoms. The van der Waals surface area contributed by atoms with E-state index in [2.05, 4.69) is 0 Å². The quantitative estimate of drug-likeness (QED) is 0.644. The standard InChI is InChI=1S/C20H22O6S/c1-23-15-3-5-19(13(7-15)9-17-11-25-17)27(21,22)20-6-4-16(24-2)8-14(20)10-18-12-26-18/h3-8,17-18H,9-12H2,1-2H3. The van der Waals surface area contributed by atoms with Crippen molar-refractivity contribution < 1.29 is 27.4 Å². The summed E-state index contributed by atoms with van der Waals surface area (Å²) in [5.74, 6) is 1.26. The van der Waals surface area contributed by atoms with Crippen LogP contribution in [0.2, 0.25) is 0 Å². The summed E-state index contributed by atoms with van der Waals surface area (Å²) in [6, 6.07) is 10.2. The van der Waals surface area contributed by atoms with E-state index in [1.807, 2.05) is 0 Å². The Morgan fingerprint density at radius 2 is 1.26 bits per heavy atom. The van der Waals surface area contributed by atoms with Crippen molar-refractivity contribution in [1.29, 1.82) is 0 Å². The third-order valence-corrected chi connectivity index (χ3v) is 6.77. The van der Waals surface area contributed by atoms with Gasteiger partial charge in [-0.3, -0.25) is 0 Å². The van der Waals surface area contributed by atoms with Crippen molar-refractivity contribution in [2.45, 2.75) is 34.8 Å². The van der Waals surface area contributed by atoms with Crippen LogP contribution in [0.5, 0.6) is 11.5 Å². The molecular formula is C20H22O6S. The zero-order chi connectivity index (χ0) is 19.0. The Bertz CT molecular complexity index is 873. The van der Waals surface area contributed by atoms with Crippen molar-refractivity contribution >= 4 is 9.84 Å². The molecule has 2 aromatic carbocycles. The third kappa shape index (κ3) is 3.95. The lowest BCUT2D eigenvalue weighted by molar-refractivity contribution is 0.402. The Labute approximate surface area is 158 Å². The summed E-state index contributed by atoms with van der Waals surface area (Å²) in [5, 5.41) is 0. The average molecular weight is 390 g/mol. The normalized spacial score (nSPS) is 21.0. The molecule has 0 N–H and O–H groups in total. The van der Waals surface area contributed by atoms with Gasteiger partial charge >= 0.3 is 0 Å². The minimum atomic E-state index is -3.71. The fraction of sp³-hybridized carbons (Fsp3) is 0.400. The highest BCUT2D eigenvalue weighted by Crippen LogP contribution is 2.34. The Kier molecular flexibility index (Phi) is 4.84. The Morgan fingerprint density at radius 3 is 1.59 bits per heavy atom. The van der Waals surface area contributed by atoms with Gasteiger partial charge in [-0.25, -0.2) is 8.42 Å². The summed E-state index contributed by atoms with van der Waals surface area (Å²) < 4.78 is 48.2. The first-order chi connectivity index (χ1) is 13.0. The second kappa shape index (κ2) is 7.14. The van der Waals surface area contributed by atoms with E-state index in [1.165, 1.54) is 0 Å². The minimum Gasteiger partial charge on any atom is -0.497 e. The van der Waals surface area contributed by atoms with E-state index in [0.29, 0.717) is 58.5 Å². The van der Waals surface area contributed by atoms with E-state index in [4.69, 9.17) is 18.9 Å². The molecule has 2 aliphatic rings. The molecule has 0 amide bonds. The molecule has 2 fully saturated rings. The van der Waals surface area contributed by atoms with Crippen LogP contribution in [0, 0.1) is 0 Å². The molecule has 4 rings (SSSR count). The van der Waals surface area contributed by atoms with Crippen LogP contribution in [0.15, 0.2) is 46.2 Å². The number of benzene rings is 2. The summed E-state index contributed by atoms with van der Waals surface area (Å²) in [6.45, 7) is 1.31. The lowest BCUT2D eigenvalue weighted by Crippen LogP contribution is -2.11. The summed E-state index contributed by atoms with van der Waals surface area (Å²) in [7, 11) is -0.573. The molecule has 0 aliphatic carbocycles. The lowest BCUT2D eigenvalue weighted by Gasteiger charge is -2.15. The van der Waals surface area contributed by atoms with Crippen LogP contribution in [0.3, 0.4) is 0 Å². The highest BCUT2D eigenvalue weighted by molar-refractivity contribution is 7.91. The monoisotopic (exact) mass is 390 g/mol. The van der Waals surface area contributed by atoms with Gasteiger partial charge in [-0.15, -0.1) is 0 Å². The maximum Gasteiger partial charge on any atom is 0.207 e. The molecule has 2 atom stereocenters. The molecule has 0 aromatic heterocycles. The van der Waals surface area contributed by atoms with E-state index in [-0.39, 0.29) is 12.2 Å². The van der Waals surface area contributed by atoms with Crippen molar-refractivity contribution in [3.8, 4) is 11.5 Å². The lowest BCUT2D eigenvalue weighted by atomic mass is 10.1. The zero-order valence-corrected chi connectivity index (χ0v) is 16.1. The average Bonchev–Trinajstić information content (AvgIpc) is 3.58. The number of methoxy groups -OCH3 is 2. The molecule has 144 valence electrons. The number of epoxide rings is 2. The number of rotatable bonds is 8. The molecule has 2 aliphatic heterocycles. The molecule has 0 radical (unpaired) electrons. The summed E-state index contributed by atoms with van der Waals surface area (Å²) in [5.41, 5.74) is 1.42. The molecule has 27 heavy (non-hydrogen) atoms. The molecule has 0 bridgehead atoms. The van der Waals surface area contributed by atoms with Crippen LogP contribution in [-0.2, 0) is 32.2 Å². The van der Waals surface area contributed by atoms with Crippen molar-refractivity contribution in [2.75, 3.05) is 27.4 Å². The fourth-order valence-corrected chi connectivity index (χ4v) is 4.90. The van der Waals surface area contributed by atoms with Gasteiger partial charge in [0.05, 0.1) is 49.4 Å². The molecule has 2 saturated heterocycles. The first-order valence-corrected chi connectivity index (χ1v) is 10.3.